The Hall–Kier alpha value is -3.55. The van der Waals surface area contributed by atoms with E-state index in [0.29, 0.717) is 24.5 Å². The van der Waals surface area contributed by atoms with Crippen LogP contribution in [0.15, 0.2) is 72.8 Å². The van der Waals surface area contributed by atoms with Crippen molar-refractivity contribution in [3.63, 3.8) is 0 Å². The van der Waals surface area contributed by atoms with E-state index < -0.39 is 15.5 Å². The molecule has 3 fully saturated rings. The van der Waals surface area contributed by atoms with Crippen LogP contribution in [0, 0.1) is 11.8 Å². The van der Waals surface area contributed by atoms with Gasteiger partial charge in [-0.15, -0.1) is 0 Å². The summed E-state index contributed by atoms with van der Waals surface area (Å²) in [6, 6.07) is 23.6. The molecule has 6 unspecified atom stereocenters. The SMILES string of the molecule is CC1(C)Oc2ccccc2C2C1C(=O)C2(Cl)Cl.CC1(C)Oc2ccccc2C2CC(=O)C21.CC1(C)Oc2ccccc2C2CC(=O)OC21. The molecule has 0 radical (unpaired) electrons. The van der Waals surface area contributed by atoms with Crippen molar-refractivity contribution in [1.82, 2.24) is 0 Å². The summed E-state index contributed by atoms with van der Waals surface area (Å²) in [5.74, 6) is 2.87. The molecule has 2 saturated carbocycles. The third-order valence-electron chi connectivity index (χ3n) is 10.7. The molecule has 9 heteroatoms. The second kappa shape index (κ2) is 11.2. The lowest BCUT2D eigenvalue weighted by Gasteiger charge is -2.55. The monoisotopic (exact) mass is 690 g/mol. The highest BCUT2D eigenvalue weighted by molar-refractivity contribution is 6.61. The molecule has 0 aromatic heterocycles. The minimum absolute atomic E-state index is 0.0624. The van der Waals surface area contributed by atoms with Crippen LogP contribution in [0.3, 0.4) is 0 Å². The normalized spacial score (nSPS) is 31.0. The quantitative estimate of drug-likeness (QED) is 0.174. The first-order valence-electron chi connectivity index (χ1n) is 16.5. The number of Topliss-reactive ketones (excluding diaryl/α,β-unsaturated/α-hetero) is 2. The summed E-state index contributed by atoms with van der Waals surface area (Å²) in [5.41, 5.74) is 1.91. The lowest BCUT2D eigenvalue weighted by atomic mass is 9.60. The van der Waals surface area contributed by atoms with Gasteiger partial charge in [0.2, 0.25) is 0 Å². The molecule has 4 aliphatic heterocycles. The molecule has 2 aliphatic carbocycles. The standard InChI is InChI=1S/C13H12Cl2O2.C13H14O3.C13H14O2/c1-12(2)10-9(13(14,15)11(10)16)7-5-3-4-6-8(7)17-12;1-13(2)12-9(7-11(14)15-12)8-5-3-4-6-10(8)16-13;1-13(2)12-9(7-10(12)14)8-5-3-4-6-11(8)15-13/h3-6,9-10H,1-2H3;3-6,9,12H,7H2,1-2H3;3-6,9,12H,7H2,1-2H3. The second-order valence-corrected chi connectivity index (χ2v) is 16.5. The molecule has 7 nitrogen and oxygen atoms in total. The van der Waals surface area contributed by atoms with Crippen LogP contribution in [0.5, 0.6) is 17.2 Å². The van der Waals surface area contributed by atoms with E-state index in [1.165, 1.54) is 5.56 Å². The van der Waals surface area contributed by atoms with E-state index in [2.05, 4.69) is 6.07 Å². The van der Waals surface area contributed by atoms with Gasteiger partial charge < -0.3 is 18.9 Å². The minimum Gasteiger partial charge on any atom is -0.487 e. The van der Waals surface area contributed by atoms with E-state index in [1.807, 2.05) is 108 Å². The molecule has 0 spiro atoms. The second-order valence-electron chi connectivity index (χ2n) is 15.1. The van der Waals surface area contributed by atoms with Crippen LogP contribution in [-0.2, 0) is 19.1 Å². The lowest BCUT2D eigenvalue weighted by Crippen LogP contribution is -2.65. The summed E-state index contributed by atoms with van der Waals surface area (Å²) < 4.78 is 21.8. The maximum Gasteiger partial charge on any atom is 0.306 e. The number of fused-ring (bicyclic) bond motifs is 9. The molecule has 6 aliphatic rings. The fourth-order valence-corrected chi connectivity index (χ4v) is 9.21. The van der Waals surface area contributed by atoms with Crippen molar-refractivity contribution < 1.29 is 33.3 Å². The highest BCUT2D eigenvalue weighted by Gasteiger charge is 2.68. The van der Waals surface area contributed by atoms with Crippen molar-refractivity contribution in [2.24, 2.45) is 11.8 Å². The first-order valence-corrected chi connectivity index (χ1v) is 17.3. The predicted molar refractivity (Wildman–Crippen MR) is 182 cm³/mol. The summed E-state index contributed by atoms with van der Waals surface area (Å²) in [5, 5.41) is 0. The van der Waals surface area contributed by atoms with E-state index in [4.69, 9.17) is 42.1 Å². The van der Waals surface area contributed by atoms with Gasteiger partial charge in [-0.1, -0.05) is 77.8 Å². The molecule has 1 saturated heterocycles. The van der Waals surface area contributed by atoms with Crippen molar-refractivity contribution in [3.05, 3.63) is 89.5 Å². The number of hydrogen-bond donors (Lipinski definition) is 0. The molecule has 3 aromatic carbocycles. The molecule has 0 bridgehead atoms. The van der Waals surface area contributed by atoms with Gasteiger partial charge in [0, 0.05) is 35.3 Å². The fraction of sp³-hybridized carbons (Fsp3) is 0.462. The molecule has 6 atom stereocenters. The zero-order valence-electron chi connectivity index (χ0n) is 27.9. The molecule has 3 aromatic rings. The number of alkyl halides is 2. The molecular weight excluding hydrogens is 651 g/mol. The zero-order valence-corrected chi connectivity index (χ0v) is 29.4. The first-order chi connectivity index (χ1) is 22.5. The van der Waals surface area contributed by atoms with Crippen molar-refractivity contribution in [1.29, 1.82) is 0 Å². The largest absolute Gasteiger partial charge is 0.487 e. The van der Waals surface area contributed by atoms with Gasteiger partial charge in [-0.25, -0.2) is 0 Å². The Labute approximate surface area is 291 Å². The zero-order chi connectivity index (χ0) is 34.4. The summed E-state index contributed by atoms with van der Waals surface area (Å²) in [4.78, 5) is 35.0. The average Bonchev–Trinajstić information content (AvgIpc) is 3.42. The highest BCUT2D eigenvalue weighted by Crippen LogP contribution is 2.62. The van der Waals surface area contributed by atoms with Crippen LogP contribution in [-0.4, -0.2) is 44.8 Å². The van der Waals surface area contributed by atoms with E-state index in [1.54, 1.807) is 0 Å². The molecule has 0 amide bonds. The van der Waals surface area contributed by atoms with Crippen molar-refractivity contribution in [2.45, 2.75) is 99.4 Å². The number of rotatable bonds is 0. The van der Waals surface area contributed by atoms with Gasteiger partial charge in [-0.3, -0.25) is 14.4 Å². The van der Waals surface area contributed by atoms with Gasteiger partial charge in [-0.2, -0.15) is 0 Å². The van der Waals surface area contributed by atoms with E-state index in [-0.39, 0.29) is 47.1 Å². The molecular formula is C39H40Cl2O7. The van der Waals surface area contributed by atoms with Crippen LogP contribution in [0.1, 0.15) is 88.8 Å². The third kappa shape index (κ3) is 5.20. The Kier molecular flexibility index (Phi) is 7.72. The summed E-state index contributed by atoms with van der Waals surface area (Å²) in [6.45, 7) is 11.8. The lowest BCUT2D eigenvalue weighted by molar-refractivity contribution is -0.149. The van der Waals surface area contributed by atoms with Crippen LogP contribution in [0.25, 0.3) is 0 Å². The Balaban J connectivity index is 0.000000114. The van der Waals surface area contributed by atoms with Crippen LogP contribution in [0.4, 0.5) is 0 Å². The van der Waals surface area contributed by atoms with Crippen LogP contribution >= 0.6 is 23.2 Å². The van der Waals surface area contributed by atoms with Gasteiger partial charge in [0.1, 0.15) is 45.9 Å². The Morgan fingerprint density at radius 3 is 1.58 bits per heavy atom. The maximum atomic E-state index is 12.0. The number of benzene rings is 3. The average molecular weight is 692 g/mol. The summed E-state index contributed by atoms with van der Waals surface area (Å²) >= 11 is 12.3. The van der Waals surface area contributed by atoms with Gasteiger partial charge >= 0.3 is 5.97 Å². The topological polar surface area (TPSA) is 88.1 Å². The Bertz CT molecular complexity index is 1810. The fourth-order valence-electron chi connectivity index (χ4n) is 8.49. The number of para-hydroxylation sites is 3. The van der Waals surface area contributed by atoms with Gasteiger partial charge in [0.25, 0.3) is 0 Å². The van der Waals surface area contributed by atoms with Crippen molar-refractivity contribution in [3.8, 4) is 17.2 Å². The van der Waals surface area contributed by atoms with E-state index in [0.717, 1.165) is 28.4 Å². The first kappa shape index (κ1) is 33.0. The molecule has 9 rings (SSSR count). The number of esters is 1. The maximum absolute atomic E-state index is 12.0. The van der Waals surface area contributed by atoms with Gasteiger partial charge in [0.05, 0.1) is 18.3 Å². The third-order valence-corrected chi connectivity index (χ3v) is 11.6. The number of ether oxygens (including phenoxy) is 4. The van der Waals surface area contributed by atoms with Crippen LogP contribution in [0.2, 0.25) is 0 Å². The molecule has 4 heterocycles. The van der Waals surface area contributed by atoms with E-state index in [9.17, 15) is 14.4 Å². The molecule has 252 valence electrons. The minimum atomic E-state index is -1.30. The number of halogens is 2. The summed E-state index contributed by atoms with van der Waals surface area (Å²) in [7, 11) is 0. The Morgan fingerprint density at radius 2 is 1.02 bits per heavy atom. The van der Waals surface area contributed by atoms with Crippen molar-refractivity contribution >= 4 is 40.7 Å². The van der Waals surface area contributed by atoms with Crippen LogP contribution < -0.4 is 14.2 Å². The smallest absolute Gasteiger partial charge is 0.306 e. The number of carbonyl (C=O) groups is 3. The van der Waals surface area contributed by atoms with Gasteiger partial charge in [0.15, 0.2) is 10.1 Å². The number of ketones is 2. The summed E-state index contributed by atoms with van der Waals surface area (Å²) in [6.07, 6.45) is 0.998. The Morgan fingerprint density at radius 1 is 0.562 bits per heavy atom. The van der Waals surface area contributed by atoms with E-state index >= 15 is 0 Å². The number of carbonyl (C=O) groups excluding carboxylic acids is 3. The highest BCUT2D eigenvalue weighted by atomic mass is 35.5. The molecule has 48 heavy (non-hydrogen) atoms. The predicted octanol–water partition coefficient (Wildman–Crippen LogP) is 8.10. The molecule has 0 N–H and O–H groups in total. The van der Waals surface area contributed by atoms with Gasteiger partial charge in [-0.05, 0) is 65.3 Å². The van der Waals surface area contributed by atoms with Crippen molar-refractivity contribution in [2.75, 3.05) is 0 Å². The number of hydrogen-bond acceptors (Lipinski definition) is 7.